The Balaban J connectivity index is 1.72. The first-order valence-corrected chi connectivity index (χ1v) is 8.71. The Kier molecular flexibility index (Phi) is 4.97. The molecule has 3 rings (SSSR count). The SMILES string of the molecule is Cn1c(C(C#N)C(=O)CCSc2ccccc2)nc2ccccc21. The van der Waals surface area contributed by atoms with Gasteiger partial charge in [0.25, 0.3) is 0 Å². The number of ketones is 1. The lowest BCUT2D eigenvalue weighted by Crippen LogP contribution is -2.15. The molecular formula is C19H17N3OS. The third-order valence-corrected chi connectivity index (χ3v) is 4.91. The van der Waals surface area contributed by atoms with E-state index in [1.807, 2.05) is 66.2 Å². The van der Waals surface area contributed by atoms with E-state index in [4.69, 9.17) is 0 Å². The van der Waals surface area contributed by atoms with Crippen molar-refractivity contribution < 1.29 is 4.79 Å². The van der Waals surface area contributed by atoms with E-state index in [9.17, 15) is 10.1 Å². The monoisotopic (exact) mass is 335 g/mol. The van der Waals surface area contributed by atoms with Gasteiger partial charge in [0.1, 0.15) is 5.82 Å². The van der Waals surface area contributed by atoms with Gasteiger partial charge in [-0.05, 0) is 24.3 Å². The number of fused-ring (bicyclic) bond motifs is 1. The first-order valence-electron chi connectivity index (χ1n) is 7.72. The minimum absolute atomic E-state index is 0.0839. The van der Waals surface area contributed by atoms with Crippen LogP contribution in [0.2, 0.25) is 0 Å². The van der Waals surface area contributed by atoms with Gasteiger partial charge in [0.15, 0.2) is 11.7 Å². The second-order valence-electron chi connectivity index (χ2n) is 5.46. The molecule has 1 unspecified atom stereocenters. The van der Waals surface area contributed by atoms with Crippen LogP contribution in [0, 0.1) is 11.3 Å². The van der Waals surface area contributed by atoms with Crippen LogP contribution in [-0.2, 0) is 11.8 Å². The molecule has 0 bridgehead atoms. The van der Waals surface area contributed by atoms with Gasteiger partial charge in [-0.3, -0.25) is 4.79 Å². The number of nitriles is 1. The number of nitrogens with zero attached hydrogens (tertiary/aromatic N) is 3. The molecule has 0 aliphatic carbocycles. The van der Waals surface area contributed by atoms with Gasteiger partial charge in [-0.2, -0.15) is 5.26 Å². The number of hydrogen-bond acceptors (Lipinski definition) is 4. The third-order valence-electron chi connectivity index (χ3n) is 3.89. The number of carbonyl (C=O) groups is 1. The predicted molar refractivity (Wildman–Crippen MR) is 95.9 cm³/mol. The molecule has 0 fully saturated rings. The summed E-state index contributed by atoms with van der Waals surface area (Å²) in [5.41, 5.74) is 1.74. The van der Waals surface area contributed by atoms with Crippen molar-refractivity contribution in [3.05, 3.63) is 60.4 Å². The van der Waals surface area contributed by atoms with Crippen LogP contribution in [0.1, 0.15) is 18.2 Å². The Hall–Kier alpha value is -2.58. The average molecular weight is 335 g/mol. The molecule has 0 spiro atoms. The standard InChI is InChI=1S/C19H17N3OS/c1-22-17-10-6-5-9-16(17)21-19(22)15(13-20)18(23)11-12-24-14-7-3-2-4-8-14/h2-10,15H,11-12H2,1H3. The van der Waals surface area contributed by atoms with Crippen LogP contribution in [0.4, 0.5) is 0 Å². The lowest BCUT2D eigenvalue weighted by atomic mass is 10.0. The van der Waals surface area contributed by atoms with E-state index >= 15 is 0 Å². The summed E-state index contributed by atoms with van der Waals surface area (Å²) >= 11 is 1.62. The molecule has 0 N–H and O–H groups in total. The number of aromatic nitrogens is 2. The summed E-state index contributed by atoms with van der Waals surface area (Å²) in [6, 6.07) is 19.7. The molecule has 0 aliphatic heterocycles. The highest BCUT2D eigenvalue weighted by Crippen LogP contribution is 2.24. The average Bonchev–Trinajstić information content (AvgIpc) is 2.94. The van der Waals surface area contributed by atoms with Crippen molar-refractivity contribution in [2.45, 2.75) is 17.2 Å². The molecule has 3 aromatic rings. The zero-order chi connectivity index (χ0) is 16.9. The molecule has 120 valence electrons. The van der Waals surface area contributed by atoms with Crippen LogP contribution < -0.4 is 0 Å². The van der Waals surface area contributed by atoms with E-state index in [0.29, 0.717) is 18.0 Å². The van der Waals surface area contributed by atoms with E-state index in [1.54, 1.807) is 11.8 Å². The van der Waals surface area contributed by atoms with Crippen LogP contribution in [0.15, 0.2) is 59.5 Å². The van der Waals surface area contributed by atoms with Gasteiger partial charge in [0, 0.05) is 24.1 Å². The summed E-state index contributed by atoms with van der Waals surface area (Å²) in [7, 11) is 1.85. The number of para-hydroxylation sites is 2. The molecule has 5 heteroatoms. The van der Waals surface area contributed by atoms with Gasteiger partial charge in [-0.1, -0.05) is 30.3 Å². The first-order chi connectivity index (χ1) is 11.7. The minimum atomic E-state index is -0.821. The maximum atomic E-state index is 12.5. The zero-order valence-electron chi connectivity index (χ0n) is 13.3. The number of rotatable bonds is 6. The number of benzene rings is 2. The Morgan fingerprint density at radius 3 is 2.62 bits per heavy atom. The quantitative estimate of drug-likeness (QED) is 0.640. The van der Waals surface area contributed by atoms with Gasteiger partial charge in [0.2, 0.25) is 0 Å². The van der Waals surface area contributed by atoms with Gasteiger partial charge >= 0.3 is 0 Å². The smallest absolute Gasteiger partial charge is 0.162 e. The van der Waals surface area contributed by atoms with Crippen molar-refractivity contribution in [2.75, 3.05) is 5.75 Å². The fourth-order valence-electron chi connectivity index (χ4n) is 2.63. The second-order valence-corrected chi connectivity index (χ2v) is 6.63. The van der Waals surface area contributed by atoms with Crippen LogP contribution in [0.5, 0.6) is 0 Å². The number of Topliss-reactive ketones (excluding diaryl/α,β-unsaturated/α-hetero) is 1. The molecule has 1 atom stereocenters. The van der Waals surface area contributed by atoms with Crippen molar-refractivity contribution in [2.24, 2.45) is 7.05 Å². The van der Waals surface area contributed by atoms with Gasteiger partial charge < -0.3 is 4.57 Å². The summed E-state index contributed by atoms with van der Waals surface area (Å²) in [5, 5.41) is 9.48. The van der Waals surface area contributed by atoms with E-state index in [1.165, 1.54) is 0 Å². The fourth-order valence-corrected chi connectivity index (χ4v) is 3.52. The number of hydrogen-bond donors (Lipinski definition) is 0. The maximum absolute atomic E-state index is 12.5. The molecule has 1 aromatic heterocycles. The van der Waals surface area contributed by atoms with Crippen LogP contribution >= 0.6 is 11.8 Å². The minimum Gasteiger partial charge on any atom is -0.330 e. The lowest BCUT2D eigenvalue weighted by molar-refractivity contribution is -0.119. The van der Waals surface area contributed by atoms with Gasteiger partial charge in [0.05, 0.1) is 17.1 Å². The molecule has 0 saturated heterocycles. The predicted octanol–water partition coefficient (Wildman–Crippen LogP) is 3.93. The normalized spacial score (nSPS) is 12.0. The molecule has 1 heterocycles. The Bertz CT molecular complexity index is 896. The Labute approximate surface area is 145 Å². The van der Waals surface area contributed by atoms with Crippen LogP contribution in [0.25, 0.3) is 11.0 Å². The summed E-state index contributed by atoms with van der Waals surface area (Å²) in [5.74, 6) is 0.275. The van der Waals surface area contributed by atoms with E-state index in [0.717, 1.165) is 15.9 Å². The van der Waals surface area contributed by atoms with Crippen LogP contribution in [0.3, 0.4) is 0 Å². The van der Waals surface area contributed by atoms with Crippen molar-refractivity contribution in [3.63, 3.8) is 0 Å². The fraction of sp³-hybridized carbons (Fsp3) is 0.211. The van der Waals surface area contributed by atoms with Crippen molar-refractivity contribution >= 4 is 28.6 Å². The highest BCUT2D eigenvalue weighted by Gasteiger charge is 2.25. The lowest BCUT2D eigenvalue weighted by Gasteiger charge is -2.08. The molecule has 0 saturated carbocycles. The number of aryl methyl sites for hydroxylation is 1. The molecule has 0 aliphatic rings. The summed E-state index contributed by atoms with van der Waals surface area (Å²) < 4.78 is 1.84. The van der Waals surface area contributed by atoms with Gasteiger partial charge in [-0.25, -0.2) is 4.98 Å². The second kappa shape index (κ2) is 7.33. The summed E-state index contributed by atoms with van der Waals surface area (Å²) in [6.45, 7) is 0. The Morgan fingerprint density at radius 1 is 1.21 bits per heavy atom. The third kappa shape index (κ3) is 3.34. The van der Waals surface area contributed by atoms with E-state index in [2.05, 4.69) is 11.1 Å². The largest absolute Gasteiger partial charge is 0.330 e. The summed E-state index contributed by atoms with van der Waals surface area (Å²) in [4.78, 5) is 18.1. The van der Waals surface area contributed by atoms with E-state index in [-0.39, 0.29) is 5.78 Å². The molecule has 24 heavy (non-hydrogen) atoms. The molecule has 0 amide bonds. The van der Waals surface area contributed by atoms with Gasteiger partial charge in [-0.15, -0.1) is 11.8 Å². The van der Waals surface area contributed by atoms with Crippen molar-refractivity contribution in [1.82, 2.24) is 9.55 Å². The maximum Gasteiger partial charge on any atom is 0.162 e. The molecule has 0 radical (unpaired) electrons. The number of imidazole rings is 1. The first kappa shape index (κ1) is 16.3. The zero-order valence-corrected chi connectivity index (χ0v) is 14.2. The Morgan fingerprint density at radius 2 is 1.92 bits per heavy atom. The molecule has 4 nitrogen and oxygen atoms in total. The topological polar surface area (TPSA) is 58.7 Å². The van der Waals surface area contributed by atoms with E-state index < -0.39 is 5.92 Å². The van der Waals surface area contributed by atoms with Crippen LogP contribution in [-0.4, -0.2) is 21.1 Å². The molecule has 2 aromatic carbocycles. The highest BCUT2D eigenvalue weighted by molar-refractivity contribution is 7.99. The molecular weight excluding hydrogens is 318 g/mol. The highest BCUT2D eigenvalue weighted by atomic mass is 32.2. The summed E-state index contributed by atoms with van der Waals surface area (Å²) in [6.07, 6.45) is 0.348. The number of carbonyl (C=O) groups excluding carboxylic acids is 1. The van der Waals surface area contributed by atoms with Crippen molar-refractivity contribution in [3.8, 4) is 6.07 Å². The number of thioether (sulfide) groups is 1. The van der Waals surface area contributed by atoms with Crippen molar-refractivity contribution in [1.29, 1.82) is 5.26 Å².